The number of carbonyl (C=O) groups is 1. The summed E-state index contributed by atoms with van der Waals surface area (Å²) in [5, 5.41) is 7.43. The van der Waals surface area contributed by atoms with Crippen LogP contribution >= 0.6 is 0 Å². The Bertz CT molecular complexity index is 422. The first-order chi connectivity index (χ1) is 8.35. The molecule has 0 radical (unpaired) electrons. The lowest BCUT2D eigenvalue weighted by atomic mass is 9.98. The highest BCUT2D eigenvalue weighted by Crippen LogP contribution is 2.43. The second-order valence-corrected chi connectivity index (χ2v) is 7.84. The molecule has 0 bridgehead atoms. The molecule has 2 aliphatic rings. The average molecular weight is 276 g/mol. The predicted molar refractivity (Wildman–Crippen MR) is 66.2 cm³/mol. The topological polar surface area (TPSA) is 80.7 Å². The zero-order valence-corrected chi connectivity index (χ0v) is 11.4. The standard InChI is InChI=1S/C12H20O5S/c1-9(11(13)14)18(15,16)8-10-4-7-12(17-10)5-2-3-6-12/h9-10H,2-8H2,1H3,(H,13,14). The van der Waals surface area contributed by atoms with Gasteiger partial charge in [-0.25, -0.2) is 8.42 Å². The largest absolute Gasteiger partial charge is 0.480 e. The van der Waals surface area contributed by atoms with E-state index >= 15 is 0 Å². The highest BCUT2D eigenvalue weighted by molar-refractivity contribution is 7.92. The van der Waals surface area contributed by atoms with E-state index in [1.807, 2.05) is 0 Å². The number of ether oxygens (including phenoxy) is 1. The Labute approximate surface area is 107 Å². The normalized spacial score (nSPS) is 28.6. The van der Waals surface area contributed by atoms with Gasteiger partial charge in [-0.2, -0.15) is 0 Å². The van der Waals surface area contributed by atoms with Gasteiger partial charge in [0.15, 0.2) is 15.1 Å². The maximum atomic E-state index is 11.9. The van der Waals surface area contributed by atoms with E-state index in [9.17, 15) is 13.2 Å². The number of hydrogen-bond acceptors (Lipinski definition) is 4. The van der Waals surface area contributed by atoms with Crippen molar-refractivity contribution in [2.24, 2.45) is 0 Å². The van der Waals surface area contributed by atoms with E-state index in [-0.39, 0.29) is 17.5 Å². The van der Waals surface area contributed by atoms with Crippen LogP contribution in [0.5, 0.6) is 0 Å². The fourth-order valence-corrected chi connectivity index (χ4v) is 4.31. The summed E-state index contributed by atoms with van der Waals surface area (Å²) in [6.45, 7) is 1.22. The Kier molecular flexibility index (Phi) is 3.69. The third kappa shape index (κ3) is 2.69. The van der Waals surface area contributed by atoms with Crippen molar-refractivity contribution >= 4 is 15.8 Å². The zero-order valence-electron chi connectivity index (χ0n) is 10.6. The Balaban J connectivity index is 1.97. The molecule has 6 heteroatoms. The molecule has 0 amide bonds. The van der Waals surface area contributed by atoms with Crippen LogP contribution in [-0.2, 0) is 19.4 Å². The van der Waals surface area contributed by atoms with Crippen LogP contribution in [0.15, 0.2) is 0 Å². The van der Waals surface area contributed by atoms with Crippen LogP contribution in [0.4, 0.5) is 0 Å². The highest BCUT2D eigenvalue weighted by atomic mass is 32.2. The summed E-state index contributed by atoms with van der Waals surface area (Å²) in [6.07, 6.45) is 5.63. The van der Waals surface area contributed by atoms with E-state index in [0.717, 1.165) is 38.5 Å². The van der Waals surface area contributed by atoms with E-state index in [4.69, 9.17) is 9.84 Å². The summed E-state index contributed by atoms with van der Waals surface area (Å²) in [5.74, 6) is -1.45. The lowest BCUT2D eigenvalue weighted by molar-refractivity contribution is -0.136. The molecular weight excluding hydrogens is 256 g/mol. The summed E-state index contributed by atoms with van der Waals surface area (Å²) in [5.41, 5.74) is -0.105. The molecule has 18 heavy (non-hydrogen) atoms. The monoisotopic (exact) mass is 276 g/mol. The van der Waals surface area contributed by atoms with Crippen molar-refractivity contribution in [2.45, 2.75) is 62.4 Å². The Morgan fingerprint density at radius 3 is 2.56 bits per heavy atom. The first-order valence-electron chi connectivity index (χ1n) is 6.47. The molecule has 2 fully saturated rings. The van der Waals surface area contributed by atoms with Gasteiger partial charge >= 0.3 is 5.97 Å². The SMILES string of the molecule is CC(C(=O)O)S(=O)(=O)CC1CCC2(CCCC2)O1. The maximum absolute atomic E-state index is 11.9. The van der Waals surface area contributed by atoms with Crippen molar-refractivity contribution in [3.63, 3.8) is 0 Å². The van der Waals surface area contributed by atoms with Crippen LogP contribution in [0.25, 0.3) is 0 Å². The van der Waals surface area contributed by atoms with Crippen LogP contribution in [-0.4, -0.2) is 42.2 Å². The number of carboxylic acids is 1. The highest BCUT2D eigenvalue weighted by Gasteiger charge is 2.44. The summed E-state index contributed by atoms with van der Waals surface area (Å²) in [4.78, 5) is 10.7. The molecule has 1 spiro atoms. The molecule has 0 aromatic heterocycles. The van der Waals surface area contributed by atoms with Crippen LogP contribution in [0, 0.1) is 0 Å². The van der Waals surface area contributed by atoms with Gasteiger partial charge in [-0.3, -0.25) is 4.79 Å². The molecule has 1 N–H and O–H groups in total. The first kappa shape index (κ1) is 13.8. The minimum atomic E-state index is -3.61. The van der Waals surface area contributed by atoms with Crippen molar-refractivity contribution in [3.05, 3.63) is 0 Å². The van der Waals surface area contributed by atoms with E-state index in [2.05, 4.69) is 0 Å². The van der Waals surface area contributed by atoms with Gasteiger partial charge in [0.25, 0.3) is 0 Å². The second-order valence-electron chi connectivity index (χ2n) is 5.48. The molecule has 2 rings (SSSR count). The van der Waals surface area contributed by atoms with Gasteiger partial charge in [0.05, 0.1) is 17.5 Å². The molecule has 1 heterocycles. The van der Waals surface area contributed by atoms with Crippen molar-refractivity contribution < 1.29 is 23.1 Å². The van der Waals surface area contributed by atoms with E-state index < -0.39 is 21.1 Å². The summed E-state index contributed by atoms with van der Waals surface area (Å²) >= 11 is 0. The zero-order chi connectivity index (χ0) is 13.4. The Morgan fingerprint density at radius 1 is 1.39 bits per heavy atom. The fourth-order valence-electron chi connectivity index (χ4n) is 2.96. The van der Waals surface area contributed by atoms with Gasteiger partial charge in [-0.1, -0.05) is 12.8 Å². The molecule has 2 unspecified atom stereocenters. The lowest BCUT2D eigenvalue weighted by Gasteiger charge is -2.24. The van der Waals surface area contributed by atoms with Crippen molar-refractivity contribution in [3.8, 4) is 0 Å². The van der Waals surface area contributed by atoms with Gasteiger partial charge in [0.1, 0.15) is 0 Å². The van der Waals surface area contributed by atoms with Crippen molar-refractivity contribution in [2.75, 3.05) is 5.75 Å². The van der Waals surface area contributed by atoms with E-state index in [1.165, 1.54) is 6.92 Å². The quantitative estimate of drug-likeness (QED) is 0.838. The molecule has 1 aliphatic heterocycles. The average Bonchev–Trinajstić information content (AvgIpc) is 2.88. The third-order valence-corrected chi connectivity index (χ3v) is 6.27. The van der Waals surface area contributed by atoms with E-state index in [1.54, 1.807) is 0 Å². The van der Waals surface area contributed by atoms with Gasteiger partial charge in [0.2, 0.25) is 0 Å². The van der Waals surface area contributed by atoms with Crippen molar-refractivity contribution in [1.29, 1.82) is 0 Å². The molecule has 1 saturated heterocycles. The number of aliphatic carboxylic acids is 1. The number of hydrogen-bond donors (Lipinski definition) is 1. The molecule has 1 aliphatic carbocycles. The third-order valence-electron chi connectivity index (χ3n) is 4.16. The van der Waals surface area contributed by atoms with Gasteiger partial charge in [0, 0.05) is 0 Å². The molecule has 0 aromatic rings. The molecule has 1 saturated carbocycles. The van der Waals surface area contributed by atoms with Crippen LogP contribution in [0.3, 0.4) is 0 Å². The molecule has 5 nitrogen and oxygen atoms in total. The van der Waals surface area contributed by atoms with Gasteiger partial charge in [-0.15, -0.1) is 0 Å². The van der Waals surface area contributed by atoms with Gasteiger partial charge < -0.3 is 9.84 Å². The van der Waals surface area contributed by atoms with Crippen molar-refractivity contribution in [1.82, 2.24) is 0 Å². The van der Waals surface area contributed by atoms with Crippen LogP contribution in [0.2, 0.25) is 0 Å². The minimum Gasteiger partial charge on any atom is -0.480 e. The smallest absolute Gasteiger partial charge is 0.321 e. The molecule has 2 atom stereocenters. The number of sulfone groups is 1. The molecular formula is C12H20O5S. The predicted octanol–water partition coefficient (Wildman–Crippen LogP) is 1.37. The lowest BCUT2D eigenvalue weighted by Crippen LogP contribution is -2.35. The van der Waals surface area contributed by atoms with Crippen LogP contribution in [0.1, 0.15) is 45.4 Å². The second kappa shape index (κ2) is 4.81. The number of rotatable bonds is 4. The minimum absolute atomic E-state index is 0.105. The summed E-state index contributed by atoms with van der Waals surface area (Å²) in [7, 11) is -3.61. The fraction of sp³-hybridized carbons (Fsp3) is 0.917. The van der Waals surface area contributed by atoms with Crippen LogP contribution < -0.4 is 0 Å². The summed E-state index contributed by atoms with van der Waals surface area (Å²) < 4.78 is 29.6. The summed E-state index contributed by atoms with van der Waals surface area (Å²) in [6, 6.07) is 0. The maximum Gasteiger partial charge on any atom is 0.321 e. The molecule has 104 valence electrons. The first-order valence-corrected chi connectivity index (χ1v) is 8.18. The Morgan fingerprint density at radius 2 is 2.00 bits per heavy atom. The van der Waals surface area contributed by atoms with Gasteiger partial charge in [-0.05, 0) is 32.6 Å². The Hall–Kier alpha value is -0.620. The molecule has 0 aromatic carbocycles. The number of carboxylic acid groups (broad SMARTS) is 1. The van der Waals surface area contributed by atoms with E-state index in [0.29, 0.717) is 0 Å².